The van der Waals surface area contributed by atoms with Gasteiger partial charge in [0.25, 0.3) is 0 Å². The number of thiophene rings is 1. The standard InChI is InChI=1S/C26H33N7OS/c1-3-21(34)16-18-4-6-19(7-5-18)28-25-24-22(10-15-35-24)30-26(31-25)29-20-8-9-23(27-17-20)33-13-11-32(2)12-14-33/h3,8-10,15,17-19H,1,4-7,11-14,16H2,2H3,(H2,28,29,30,31). The molecule has 2 fully saturated rings. The topological polar surface area (TPSA) is 86.3 Å². The smallest absolute Gasteiger partial charge is 0.229 e. The van der Waals surface area contributed by atoms with Gasteiger partial charge in [-0.15, -0.1) is 11.3 Å². The highest BCUT2D eigenvalue weighted by Crippen LogP contribution is 2.33. The van der Waals surface area contributed by atoms with Crippen molar-refractivity contribution < 1.29 is 4.79 Å². The maximum Gasteiger partial charge on any atom is 0.229 e. The van der Waals surface area contributed by atoms with E-state index in [2.05, 4.69) is 50.5 Å². The maximum absolute atomic E-state index is 11.7. The van der Waals surface area contributed by atoms with E-state index in [0.29, 0.717) is 24.3 Å². The zero-order valence-electron chi connectivity index (χ0n) is 20.2. The van der Waals surface area contributed by atoms with Crippen molar-refractivity contribution in [1.29, 1.82) is 0 Å². The number of hydrogen-bond acceptors (Lipinski definition) is 9. The van der Waals surface area contributed by atoms with Gasteiger partial charge in [-0.05, 0) is 68.3 Å². The van der Waals surface area contributed by atoms with Crippen molar-refractivity contribution in [1.82, 2.24) is 19.9 Å². The van der Waals surface area contributed by atoms with Crippen LogP contribution in [0.3, 0.4) is 0 Å². The minimum atomic E-state index is 0.152. The average molecular weight is 492 g/mol. The number of aromatic nitrogens is 3. The summed E-state index contributed by atoms with van der Waals surface area (Å²) in [7, 11) is 2.16. The van der Waals surface area contributed by atoms with Crippen LogP contribution in [0, 0.1) is 5.92 Å². The molecule has 0 spiro atoms. The third kappa shape index (κ3) is 5.79. The highest BCUT2D eigenvalue weighted by molar-refractivity contribution is 7.17. The fourth-order valence-electron chi connectivity index (χ4n) is 4.90. The number of likely N-dealkylation sites (N-methyl/N-ethyl adjacent to an activating group) is 1. The van der Waals surface area contributed by atoms with Crippen LogP contribution in [0.2, 0.25) is 0 Å². The van der Waals surface area contributed by atoms with Crippen molar-refractivity contribution in [3.05, 3.63) is 42.4 Å². The summed E-state index contributed by atoms with van der Waals surface area (Å²) in [4.78, 5) is 30.6. The van der Waals surface area contributed by atoms with Crippen LogP contribution < -0.4 is 15.5 Å². The second kappa shape index (κ2) is 10.7. The van der Waals surface area contributed by atoms with Crippen molar-refractivity contribution >= 4 is 50.6 Å². The number of nitrogens with zero attached hydrogens (tertiary/aromatic N) is 5. The van der Waals surface area contributed by atoms with Crippen LogP contribution in [0.15, 0.2) is 42.4 Å². The SMILES string of the molecule is C=CC(=O)CC1CCC(Nc2nc(Nc3ccc(N4CCN(C)CC4)nc3)nc3ccsc23)CC1. The Morgan fingerprint density at radius 1 is 1.14 bits per heavy atom. The van der Waals surface area contributed by atoms with Gasteiger partial charge in [-0.25, -0.2) is 9.97 Å². The number of rotatable bonds is 8. The first-order valence-corrected chi connectivity index (χ1v) is 13.3. The molecular weight excluding hydrogens is 458 g/mol. The molecule has 3 aromatic heterocycles. The monoisotopic (exact) mass is 491 g/mol. The minimum absolute atomic E-state index is 0.152. The van der Waals surface area contributed by atoms with Crippen molar-refractivity contribution in [2.75, 3.05) is 48.8 Å². The Labute approximate surface area is 210 Å². The quantitative estimate of drug-likeness (QED) is 0.439. The normalized spacial score (nSPS) is 21.1. The molecule has 1 saturated heterocycles. The molecule has 4 heterocycles. The van der Waals surface area contributed by atoms with Crippen LogP contribution in [0.1, 0.15) is 32.1 Å². The molecule has 0 aromatic carbocycles. The molecule has 5 rings (SSSR count). The van der Waals surface area contributed by atoms with E-state index in [0.717, 1.165) is 79.4 Å². The van der Waals surface area contributed by atoms with E-state index in [9.17, 15) is 4.79 Å². The summed E-state index contributed by atoms with van der Waals surface area (Å²) in [5.74, 6) is 3.06. The zero-order valence-corrected chi connectivity index (χ0v) is 21.1. The molecule has 1 aliphatic heterocycles. The molecule has 2 aliphatic rings. The summed E-state index contributed by atoms with van der Waals surface area (Å²) in [6.07, 6.45) is 8.09. The van der Waals surface area contributed by atoms with Crippen LogP contribution >= 0.6 is 11.3 Å². The van der Waals surface area contributed by atoms with Gasteiger partial charge in [-0.2, -0.15) is 4.98 Å². The molecule has 2 N–H and O–H groups in total. The zero-order chi connectivity index (χ0) is 24.2. The second-order valence-electron chi connectivity index (χ2n) is 9.59. The number of ketones is 1. The summed E-state index contributed by atoms with van der Waals surface area (Å²) >= 11 is 1.66. The molecule has 1 saturated carbocycles. The fourth-order valence-corrected chi connectivity index (χ4v) is 5.68. The summed E-state index contributed by atoms with van der Waals surface area (Å²) in [5, 5.41) is 9.06. The molecule has 0 radical (unpaired) electrons. The Bertz CT molecular complexity index is 1160. The summed E-state index contributed by atoms with van der Waals surface area (Å²) in [6, 6.07) is 6.49. The number of anilines is 4. The Hall–Kier alpha value is -3.04. The summed E-state index contributed by atoms with van der Waals surface area (Å²) in [5.41, 5.74) is 1.80. The highest BCUT2D eigenvalue weighted by Gasteiger charge is 2.24. The van der Waals surface area contributed by atoms with Crippen LogP contribution in [0.5, 0.6) is 0 Å². The van der Waals surface area contributed by atoms with E-state index in [1.54, 1.807) is 11.3 Å². The number of carbonyl (C=O) groups is 1. The third-order valence-electron chi connectivity index (χ3n) is 7.04. The predicted octanol–water partition coefficient (Wildman–Crippen LogP) is 4.70. The Morgan fingerprint density at radius 2 is 1.94 bits per heavy atom. The average Bonchev–Trinajstić information content (AvgIpc) is 3.35. The first kappa shape index (κ1) is 23.7. The van der Waals surface area contributed by atoms with Crippen LogP contribution in [-0.4, -0.2) is 64.9 Å². The molecule has 0 atom stereocenters. The third-order valence-corrected chi connectivity index (χ3v) is 7.95. The number of allylic oxidation sites excluding steroid dienone is 1. The van der Waals surface area contributed by atoms with E-state index in [1.165, 1.54) is 6.08 Å². The van der Waals surface area contributed by atoms with Gasteiger partial charge in [0.1, 0.15) is 11.6 Å². The molecule has 8 nitrogen and oxygen atoms in total. The van der Waals surface area contributed by atoms with Gasteiger partial charge >= 0.3 is 0 Å². The molecule has 9 heteroatoms. The van der Waals surface area contributed by atoms with E-state index in [4.69, 9.17) is 9.97 Å². The van der Waals surface area contributed by atoms with Gasteiger partial charge in [0.05, 0.1) is 22.1 Å². The van der Waals surface area contributed by atoms with Gasteiger partial charge in [-0.1, -0.05) is 6.58 Å². The van der Waals surface area contributed by atoms with Crippen molar-refractivity contribution in [2.45, 2.75) is 38.1 Å². The fraction of sp³-hybridized carbons (Fsp3) is 0.462. The molecule has 35 heavy (non-hydrogen) atoms. The Kier molecular flexibility index (Phi) is 7.24. The van der Waals surface area contributed by atoms with Gasteiger partial charge in [-0.3, -0.25) is 4.79 Å². The minimum Gasteiger partial charge on any atom is -0.366 e. The largest absolute Gasteiger partial charge is 0.366 e. The lowest BCUT2D eigenvalue weighted by Gasteiger charge is -2.33. The van der Waals surface area contributed by atoms with E-state index in [-0.39, 0.29) is 5.78 Å². The summed E-state index contributed by atoms with van der Waals surface area (Å²) < 4.78 is 1.07. The predicted molar refractivity (Wildman–Crippen MR) is 144 cm³/mol. The lowest BCUT2D eigenvalue weighted by atomic mass is 9.83. The second-order valence-corrected chi connectivity index (χ2v) is 10.5. The van der Waals surface area contributed by atoms with Gasteiger partial charge in [0.2, 0.25) is 5.95 Å². The Morgan fingerprint density at radius 3 is 2.66 bits per heavy atom. The number of pyridine rings is 1. The summed E-state index contributed by atoms with van der Waals surface area (Å²) in [6.45, 7) is 7.70. The van der Waals surface area contributed by atoms with E-state index in [1.807, 2.05) is 18.3 Å². The number of piperazine rings is 1. The molecule has 3 aromatic rings. The van der Waals surface area contributed by atoms with Crippen LogP contribution in [0.25, 0.3) is 10.2 Å². The highest BCUT2D eigenvalue weighted by atomic mass is 32.1. The molecule has 0 bridgehead atoms. The van der Waals surface area contributed by atoms with Gasteiger partial charge in [0, 0.05) is 38.6 Å². The number of fused-ring (bicyclic) bond motifs is 1. The van der Waals surface area contributed by atoms with Crippen LogP contribution in [0.4, 0.5) is 23.3 Å². The first-order valence-electron chi connectivity index (χ1n) is 12.4. The van der Waals surface area contributed by atoms with Gasteiger partial charge < -0.3 is 20.4 Å². The lowest BCUT2D eigenvalue weighted by molar-refractivity contribution is -0.115. The van der Waals surface area contributed by atoms with E-state index < -0.39 is 0 Å². The molecule has 0 amide bonds. The Balaban J connectivity index is 1.25. The number of carbonyl (C=O) groups excluding carboxylic acids is 1. The van der Waals surface area contributed by atoms with Crippen molar-refractivity contribution in [3.8, 4) is 0 Å². The molecule has 1 aliphatic carbocycles. The van der Waals surface area contributed by atoms with Crippen molar-refractivity contribution in [2.24, 2.45) is 5.92 Å². The maximum atomic E-state index is 11.7. The van der Waals surface area contributed by atoms with Gasteiger partial charge in [0.15, 0.2) is 5.78 Å². The molecule has 184 valence electrons. The first-order chi connectivity index (χ1) is 17.1. The molecular formula is C26H33N7OS. The van der Waals surface area contributed by atoms with E-state index >= 15 is 0 Å². The number of hydrogen-bond donors (Lipinski definition) is 2. The number of nitrogens with one attached hydrogen (secondary N) is 2. The van der Waals surface area contributed by atoms with Crippen LogP contribution in [-0.2, 0) is 4.79 Å². The molecule has 0 unspecified atom stereocenters. The lowest BCUT2D eigenvalue weighted by Crippen LogP contribution is -2.44. The van der Waals surface area contributed by atoms with Crippen molar-refractivity contribution in [3.63, 3.8) is 0 Å².